The average molecular weight is 550 g/mol. The fourth-order valence-corrected chi connectivity index (χ4v) is 7.36. The zero-order valence-corrected chi connectivity index (χ0v) is 22.6. The molecule has 2 heterocycles. The van der Waals surface area contributed by atoms with Crippen LogP contribution in [0.4, 0.5) is 11.4 Å². The van der Waals surface area contributed by atoms with Crippen LogP contribution in [-0.2, 0) is 4.79 Å². The van der Waals surface area contributed by atoms with Gasteiger partial charge in [0.25, 0.3) is 5.91 Å². The third kappa shape index (κ3) is 4.62. The number of ketones is 1. The van der Waals surface area contributed by atoms with E-state index in [9.17, 15) is 9.59 Å². The van der Waals surface area contributed by atoms with Crippen LogP contribution >= 0.6 is 23.5 Å². The number of nitrogens with zero attached hydrogens (tertiary/aromatic N) is 3. The summed E-state index contributed by atoms with van der Waals surface area (Å²) in [5.74, 6) is 0.384. The molecule has 1 saturated heterocycles. The van der Waals surface area contributed by atoms with Gasteiger partial charge in [0.15, 0.2) is 5.04 Å². The number of ether oxygens (including phenoxy) is 1. The van der Waals surface area contributed by atoms with Gasteiger partial charge in [-0.25, -0.2) is 5.01 Å². The van der Waals surface area contributed by atoms with Crippen LogP contribution in [0.1, 0.15) is 15.9 Å². The molecule has 2 aliphatic heterocycles. The predicted molar refractivity (Wildman–Crippen MR) is 160 cm³/mol. The molecular formula is C31H23N3O3S2. The first-order valence-electron chi connectivity index (χ1n) is 12.3. The summed E-state index contributed by atoms with van der Waals surface area (Å²) in [6.07, 6.45) is 1.87. The van der Waals surface area contributed by atoms with Crippen LogP contribution in [-0.4, -0.2) is 28.2 Å². The highest BCUT2D eigenvalue weighted by Gasteiger charge is 2.60. The number of amides is 1. The number of hydrogen-bond acceptors (Lipinski definition) is 7. The Morgan fingerprint density at radius 2 is 1.38 bits per heavy atom. The fraction of sp³-hybridized carbons (Fsp3) is 0.0645. The number of methoxy groups -OCH3 is 1. The Labute approximate surface area is 235 Å². The molecule has 6 nitrogen and oxygen atoms in total. The van der Waals surface area contributed by atoms with Crippen LogP contribution in [0.2, 0.25) is 0 Å². The molecular weight excluding hydrogens is 526 g/mol. The zero-order valence-electron chi connectivity index (χ0n) is 20.9. The van der Waals surface area contributed by atoms with E-state index in [0.29, 0.717) is 21.2 Å². The number of anilines is 2. The summed E-state index contributed by atoms with van der Waals surface area (Å²) in [4.78, 5) is 30.0. The van der Waals surface area contributed by atoms with E-state index in [1.54, 1.807) is 29.2 Å². The van der Waals surface area contributed by atoms with Crippen molar-refractivity contribution in [1.82, 2.24) is 0 Å². The van der Waals surface area contributed by atoms with Crippen LogP contribution in [0, 0.1) is 0 Å². The number of para-hydroxylation sites is 2. The van der Waals surface area contributed by atoms with Gasteiger partial charge in [-0.3, -0.25) is 14.5 Å². The van der Waals surface area contributed by atoms with Crippen molar-refractivity contribution < 1.29 is 14.3 Å². The topological polar surface area (TPSA) is 62.2 Å². The molecule has 1 amide bonds. The van der Waals surface area contributed by atoms with Crippen LogP contribution in [0.5, 0.6) is 5.75 Å². The van der Waals surface area contributed by atoms with E-state index in [0.717, 1.165) is 17.0 Å². The second-order valence-corrected chi connectivity index (χ2v) is 11.4. The summed E-state index contributed by atoms with van der Waals surface area (Å²) in [7, 11) is 1.62. The van der Waals surface area contributed by atoms with Crippen molar-refractivity contribution in [2.75, 3.05) is 17.0 Å². The lowest BCUT2D eigenvalue weighted by molar-refractivity contribution is -0.114. The Hall–Kier alpha value is -4.27. The largest absolute Gasteiger partial charge is 0.497 e. The lowest BCUT2D eigenvalue weighted by Crippen LogP contribution is -2.51. The van der Waals surface area contributed by atoms with E-state index in [-0.39, 0.29) is 11.7 Å². The molecule has 1 fully saturated rings. The van der Waals surface area contributed by atoms with Gasteiger partial charge in [-0.2, -0.15) is 5.10 Å². The molecule has 1 unspecified atom stereocenters. The molecule has 4 aromatic rings. The first-order valence-corrected chi connectivity index (χ1v) is 13.9. The second-order valence-electron chi connectivity index (χ2n) is 8.76. The molecule has 0 aliphatic carbocycles. The minimum atomic E-state index is -1.09. The van der Waals surface area contributed by atoms with Gasteiger partial charge in [-0.1, -0.05) is 90.6 Å². The van der Waals surface area contributed by atoms with Crippen molar-refractivity contribution in [3.63, 3.8) is 0 Å². The average Bonchev–Trinajstić information content (AvgIpc) is 3.50. The van der Waals surface area contributed by atoms with Crippen molar-refractivity contribution in [2.45, 2.75) is 4.33 Å². The van der Waals surface area contributed by atoms with Crippen LogP contribution in [0.25, 0.3) is 6.08 Å². The lowest BCUT2D eigenvalue weighted by atomic mass is 10.1. The number of hydrazone groups is 1. The van der Waals surface area contributed by atoms with Crippen molar-refractivity contribution in [1.29, 1.82) is 0 Å². The molecule has 0 saturated carbocycles. The molecule has 6 rings (SSSR count). The summed E-state index contributed by atoms with van der Waals surface area (Å²) in [5.41, 5.74) is 2.90. The second kappa shape index (κ2) is 10.5. The highest BCUT2D eigenvalue weighted by molar-refractivity contribution is 8.29. The van der Waals surface area contributed by atoms with Gasteiger partial charge in [0.1, 0.15) is 5.75 Å². The molecule has 1 spiro atoms. The summed E-state index contributed by atoms with van der Waals surface area (Å²) in [6, 6.07) is 35.8. The molecule has 0 radical (unpaired) electrons. The summed E-state index contributed by atoms with van der Waals surface area (Å²) >= 11 is 2.67. The maximum Gasteiger partial charge on any atom is 0.268 e. The van der Waals surface area contributed by atoms with Gasteiger partial charge in [-0.15, -0.1) is 0 Å². The minimum absolute atomic E-state index is 0.168. The maximum atomic E-state index is 14.2. The quantitative estimate of drug-likeness (QED) is 0.193. The van der Waals surface area contributed by atoms with Gasteiger partial charge in [0.2, 0.25) is 10.1 Å². The standard InChI is InChI=1S/C31H23N3O3S2/c1-37-26-19-17-22(18-20-26)21-27-30(36)33(24-13-7-3-8-14-24)31(38-27)34(25-15-9-4-10-16-25)32-29(39-31)28(35)23-11-5-2-6-12-23/h2-21H,1H3/b27-21-. The normalized spacial score (nSPS) is 19.6. The summed E-state index contributed by atoms with van der Waals surface area (Å²) in [5, 5.41) is 6.96. The van der Waals surface area contributed by atoms with Crippen LogP contribution in [0.15, 0.2) is 125 Å². The molecule has 0 bridgehead atoms. The van der Waals surface area contributed by atoms with Crippen LogP contribution < -0.4 is 14.6 Å². The molecule has 192 valence electrons. The molecule has 2 aliphatic rings. The van der Waals surface area contributed by atoms with E-state index < -0.39 is 4.33 Å². The van der Waals surface area contributed by atoms with Crippen molar-refractivity contribution >= 4 is 57.7 Å². The third-order valence-electron chi connectivity index (χ3n) is 6.29. The number of hydrogen-bond donors (Lipinski definition) is 0. The number of carbonyl (C=O) groups excluding carboxylic acids is 2. The third-order valence-corrected chi connectivity index (χ3v) is 9.00. The van der Waals surface area contributed by atoms with Gasteiger partial charge < -0.3 is 4.74 Å². The number of benzene rings is 4. The molecule has 39 heavy (non-hydrogen) atoms. The van der Waals surface area contributed by atoms with Gasteiger partial charge in [-0.05, 0) is 59.8 Å². The van der Waals surface area contributed by atoms with Gasteiger partial charge >= 0.3 is 0 Å². The predicted octanol–water partition coefficient (Wildman–Crippen LogP) is 6.88. The van der Waals surface area contributed by atoms with Crippen molar-refractivity contribution in [2.24, 2.45) is 5.10 Å². The number of Topliss-reactive ketones (excluding diaryl/α,β-unsaturated/α-hetero) is 1. The Morgan fingerprint density at radius 1 is 0.795 bits per heavy atom. The Bertz CT molecular complexity index is 1580. The SMILES string of the molecule is COc1ccc(/C=C2\SC3(SC(C(=O)c4ccccc4)=NN3c3ccccc3)N(c3ccccc3)C2=O)cc1. The molecule has 4 aromatic carbocycles. The first kappa shape index (κ1) is 25.0. The Balaban J connectivity index is 1.49. The van der Waals surface area contributed by atoms with Crippen LogP contribution in [0.3, 0.4) is 0 Å². The van der Waals surface area contributed by atoms with E-state index in [1.165, 1.54) is 23.5 Å². The van der Waals surface area contributed by atoms with Gasteiger partial charge in [0, 0.05) is 11.3 Å². The van der Waals surface area contributed by atoms with Gasteiger partial charge in [0.05, 0.1) is 17.7 Å². The summed E-state index contributed by atoms with van der Waals surface area (Å²) < 4.78 is 4.20. The molecule has 0 N–H and O–H groups in total. The van der Waals surface area contributed by atoms with Crippen molar-refractivity contribution in [3.05, 3.63) is 131 Å². The number of rotatable bonds is 6. The summed E-state index contributed by atoms with van der Waals surface area (Å²) in [6.45, 7) is 0. The number of carbonyl (C=O) groups is 2. The van der Waals surface area contributed by atoms with E-state index >= 15 is 0 Å². The minimum Gasteiger partial charge on any atom is -0.497 e. The van der Waals surface area contributed by atoms with E-state index in [1.807, 2.05) is 109 Å². The highest BCUT2D eigenvalue weighted by Crippen LogP contribution is 2.59. The van der Waals surface area contributed by atoms with E-state index in [2.05, 4.69) is 0 Å². The number of thioether (sulfide) groups is 2. The van der Waals surface area contributed by atoms with E-state index in [4.69, 9.17) is 9.84 Å². The smallest absolute Gasteiger partial charge is 0.268 e. The zero-order chi connectivity index (χ0) is 26.8. The Morgan fingerprint density at radius 3 is 2.00 bits per heavy atom. The molecule has 1 atom stereocenters. The maximum absolute atomic E-state index is 14.2. The molecule has 0 aromatic heterocycles. The first-order chi connectivity index (χ1) is 19.1. The monoisotopic (exact) mass is 549 g/mol. The highest BCUT2D eigenvalue weighted by atomic mass is 32.2. The fourth-order valence-electron chi connectivity index (χ4n) is 4.41. The molecule has 8 heteroatoms. The Kier molecular flexibility index (Phi) is 6.72. The van der Waals surface area contributed by atoms with Crippen molar-refractivity contribution in [3.8, 4) is 5.75 Å². The lowest BCUT2D eigenvalue weighted by Gasteiger charge is -2.38.